The minimum Gasteiger partial charge on any atom is -0.465 e. The number of anilines is 3. The van der Waals surface area contributed by atoms with E-state index >= 15 is 0 Å². The number of halogens is 2. The van der Waals surface area contributed by atoms with Crippen LogP contribution in [0, 0.1) is 12.8 Å². The molecular weight excluding hydrogens is 432 g/mol. The molecule has 0 amide bonds. The highest BCUT2D eigenvalue weighted by Gasteiger charge is 2.22. The predicted molar refractivity (Wildman–Crippen MR) is 111 cm³/mol. The molecule has 6 nitrogen and oxygen atoms in total. The van der Waals surface area contributed by atoms with Crippen molar-refractivity contribution >= 4 is 51.0 Å². The maximum atomic E-state index is 12.0. The minimum atomic E-state index is -0.414. The lowest BCUT2D eigenvalue weighted by Crippen LogP contribution is -2.17. The standard InChI is InChI=1S/C19H22BrClN4O2/c1-10-4-5-12(6-10)23-17-15(21)9-22-19(25-17)24-13-7-11(2)16(20)14(8-13)18(26)27-3/h7-10,12H,4-6H2,1-3H3,(H2,22,23,24,25)/t10-,12?/m0/s1. The zero-order valence-electron chi connectivity index (χ0n) is 15.5. The molecule has 2 aromatic rings. The van der Waals surface area contributed by atoms with Gasteiger partial charge in [0.1, 0.15) is 5.02 Å². The van der Waals surface area contributed by atoms with Crippen LogP contribution in [-0.2, 0) is 4.74 Å². The smallest absolute Gasteiger partial charge is 0.339 e. The number of aromatic nitrogens is 2. The number of carbonyl (C=O) groups is 1. The summed E-state index contributed by atoms with van der Waals surface area (Å²) in [6.07, 6.45) is 5.00. The first-order chi connectivity index (χ1) is 12.9. The summed E-state index contributed by atoms with van der Waals surface area (Å²) in [4.78, 5) is 20.7. The Morgan fingerprint density at radius 3 is 2.81 bits per heavy atom. The Balaban J connectivity index is 1.82. The Kier molecular flexibility index (Phi) is 6.22. The van der Waals surface area contributed by atoms with Crippen LogP contribution in [-0.4, -0.2) is 29.1 Å². The number of rotatable bonds is 5. The van der Waals surface area contributed by atoms with Crippen LogP contribution in [0.5, 0.6) is 0 Å². The largest absolute Gasteiger partial charge is 0.465 e. The Hall–Kier alpha value is -1.86. The molecule has 0 bridgehead atoms. The number of hydrogen-bond acceptors (Lipinski definition) is 6. The molecule has 144 valence electrons. The fourth-order valence-corrected chi connectivity index (χ4v) is 3.83. The summed E-state index contributed by atoms with van der Waals surface area (Å²) in [5.41, 5.74) is 2.03. The van der Waals surface area contributed by atoms with Gasteiger partial charge in [-0.15, -0.1) is 0 Å². The molecule has 27 heavy (non-hydrogen) atoms. The van der Waals surface area contributed by atoms with E-state index in [0.717, 1.165) is 18.4 Å². The second kappa shape index (κ2) is 8.44. The number of nitrogens with one attached hydrogen (secondary N) is 2. The van der Waals surface area contributed by atoms with Crippen molar-refractivity contribution in [3.8, 4) is 0 Å². The molecular formula is C19H22BrClN4O2. The van der Waals surface area contributed by atoms with E-state index in [0.29, 0.717) is 44.5 Å². The van der Waals surface area contributed by atoms with E-state index in [-0.39, 0.29) is 0 Å². The number of carbonyl (C=O) groups excluding carboxylic acids is 1. The van der Waals surface area contributed by atoms with Crippen LogP contribution >= 0.6 is 27.5 Å². The molecule has 1 aromatic carbocycles. The van der Waals surface area contributed by atoms with Crippen molar-refractivity contribution in [1.29, 1.82) is 0 Å². The molecule has 0 aliphatic heterocycles. The fraction of sp³-hybridized carbons (Fsp3) is 0.421. The average molecular weight is 454 g/mol. The van der Waals surface area contributed by atoms with Gasteiger partial charge in [-0.05, 0) is 65.7 Å². The third-order valence-corrected chi connectivity index (χ3v) is 6.02. The normalized spacial score (nSPS) is 19.0. The molecule has 3 rings (SSSR count). The molecule has 8 heteroatoms. The van der Waals surface area contributed by atoms with Gasteiger partial charge in [-0.1, -0.05) is 18.5 Å². The van der Waals surface area contributed by atoms with Crippen molar-refractivity contribution in [2.75, 3.05) is 17.7 Å². The number of esters is 1. The molecule has 1 aliphatic carbocycles. The highest BCUT2D eigenvalue weighted by Crippen LogP contribution is 2.31. The SMILES string of the molecule is COC(=O)c1cc(Nc2ncc(Cl)c(NC3CC[C@H](C)C3)n2)cc(C)c1Br. The van der Waals surface area contributed by atoms with Crippen molar-refractivity contribution in [3.05, 3.63) is 39.0 Å². The summed E-state index contributed by atoms with van der Waals surface area (Å²) < 4.78 is 5.54. The van der Waals surface area contributed by atoms with Crippen molar-refractivity contribution in [2.45, 2.75) is 39.2 Å². The van der Waals surface area contributed by atoms with Crippen LogP contribution in [0.3, 0.4) is 0 Å². The predicted octanol–water partition coefficient (Wildman–Crippen LogP) is 5.33. The molecule has 2 atom stereocenters. The van der Waals surface area contributed by atoms with Gasteiger partial charge in [-0.3, -0.25) is 0 Å². The van der Waals surface area contributed by atoms with Crippen LogP contribution in [0.1, 0.15) is 42.1 Å². The van der Waals surface area contributed by atoms with Gasteiger partial charge < -0.3 is 15.4 Å². The molecule has 1 heterocycles. The molecule has 1 aliphatic rings. The van der Waals surface area contributed by atoms with Crippen LogP contribution in [0.4, 0.5) is 17.5 Å². The highest BCUT2D eigenvalue weighted by molar-refractivity contribution is 9.10. The Morgan fingerprint density at radius 1 is 1.37 bits per heavy atom. The molecule has 1 unspecified atom stereocenters. The van der Waals surface area contributed by atoms with Crippen molar-refractivity contribution in [3.63, 3.8) is 0 Å². The zero-order chi connectivity index (χ0) is 19.6. The van der Waals surface area contributed by atoms with Crippen LogP contribution in [0.15, 0.2) is 22.8 Å². The summed E-state index contributed by atoms with van der Waals surface area (Å²) in [7, 11) is 1.36. The molecule has 0 saturated heterocycles. The second-order valence-corrected chi connectivity index (χ2v) is 8.12. The third kappa shape index (κ3) is 4.71. The lowest BCUT2D eigenvalue weighted by Gasteiger charge is -2.16. The van der Waals surface area contributed by atoms with Gasteiger partial charge in [0.05, 0.1) is 18.9 Å². The molecule has 1 saturated carbocycles. The summed E-state index contributed by atoms with van der Waals surface area (Å²) in [6.45, 7) is 4.16. The zero-order valence-corrected chi connectivity index (χ0v) is 17.8. The van der Waals surface area contributed by atoms with Gasteiger partial charge in [0.25, 0.3) is 0 Å². The first kappa shape index (κ1) is 19.9. The quantitative estimate of drug-likeness (QED) is 0.596. The van der Waals surface area contributed by atoms with Crippen LogP contribution < -0.4 is 10.6 Å². The Labute approximate surface area is 172 Å². The van der Waals surface area contributed by atoms with Crippen molar-refractivity contribution in [2.24, 2.45) is 5.92 Å². The monoisotopic (exact) mass is 452 g/mol. The number of hydrogen-bond donors (Lipinski definition) is 2. The van der Waals surface area contributed by atoms with Gasteiger partial charge in [-0.2, -0.15) is 4.98 Å². The van der Waals surface area contributed by atoms with E-state index in [9.17, 15) is 4.79 Å². The van der Waals surface area contributed by atoms with E-state index in [4.69, 9.17) is 16.3 Å². The van der Waals surface area contributed by atoms with E-state index in [1.807, 2.05) is 13.0 Å². The number of methoxy groups -OCH3 is 1. The van der Waals surface area contributed by atoms with Gasteiger partial charge in [-0.25, -0.2) is 9.78 Å². The number of benzene rings is 1. The van der Waals surface area contributed by atoms with E-state index < -0.39 is 5.97 Å². The Bertz CT molecular complexity index is 862. The second-order valence-electron chi connectivity index (χ2n) is 6.92. The van der Waals surface area contributed by atoms with Gasteiger partial charge >= 0.3 is 5.97 Å². The van der Waals surface area contributed by atoms with Crippen LogP contribution in [0.25, 0.3) is 0 Å². The topological polar surface area (TPSA) is 76.1 Å². The molecule has 1 fully saturated rings. The molecule has 2 N–H and O–H groups in total. The maximum Gasteiger partial charge on any atom is 0.339 e. The lowest BCUT2D eigenvalue weighted by atomic mass is 10.1. The van der Waals surface area contributed by atoms with E-state index in [1.54, 1.807) is 12.3 Å². The summed E-state index contributed by atoms with van der Waals surface area (Å²) in [5.74, 6) is 1.33. The molecule has 0 radical (unpaired) electrons. The number of nitrogens with zero attached hydrogens (tertiary/aromatic N) is 2. The van der Waals surface area contributed by atoms with Crippen LogP contribution in [0.2, 0.25) is 5.02 Å². The summed E-state index contributed by atoms with van der Waals surface area (Å²) >= 11 is 9.69. The fourth-order valence-electron chi connectivity index (χ4n) is 3.29. The van der Waals surface area contributed by atoms with Crippen molar-refractivity contribution in [1.82, 2.24) is 9.97 Å². The highest BCUT2D eigenvalue weighted by atomic mass is 79.9. The number of ether oxygens (including phenoxy) is 1. The summed E-state index contributed by atoms with van der Waals surface area (Å²) in [5, 5.41) is 7.05. The van der Waals surface area contributed by atoms with Gasteiger partial charge in [0.15, 0.2) is 5.82 Å². The lowest BCUT2D eigenvalue weighted by molar-refractivity contribution is 0.0599. The maximum absolute atomic E-state index is 12.0. The average Bonchev–Trinajstić information content (AvgIpc) is 3.05. The van der Waals surface area contributed by atoms with Gasteiger partial charge in [0.2, 0.25) is 5.95 Å². The molecule has 1 aromatic heterocycles. The van der Waals surface area contributed by atoms with Gasteiger partial charge in [0, 0.05) is 16.2 Å². The third-order valence-electron chi connectivity index (χ3n) is 4.70. The van der Waals surface area contributed by atoms with E-state index in [1.165, 1.54) is 13.5 Å². The first-order valence-electron chi connectivity index (χ1n) is 8.82. The summed E-state index contributed by atoms with van der Waals surface area (Å²) in [6, 6.07) is 3.98. The molecule has 0 spiro atoms. The van der Waals surface area contributed by atoms with E-state index in [2.05, 4.69) is 43.5 Å². The number of aryl methyl sites for hydroxylation is 1. The first-order valence-corrected chi connectivity index (χ1v) is 9.99. The Morgan fingerprint density at radius 2 is 2.15 bits per heavy atom. The van der Waals surface area contributed by atoms with Crippen molar-refractivity contribution < 1.29 is 9.53 Å². The minimum absolute atomic E-state index is 0.376.